The van der Waals surface area contributed by atoms with E-state index in [1.807, 2.05) is 0 Å². The molecule has 88 valence electrons. The number of hydrogen-bond acceptors (Lipinski definition) is 2. The Kier molecular flexibility index (Phi) is 8.01. The summed E-state index contributed by atoms with van der Waals surface area (Å²) in [6, 6.07) is 0. The van der Waals surface area contributed by atoms with Crippen LogP contribution in [0, 0.1) is 0 Å². The van der Waals surface area contributed by atoms with Crippen LogP contribution in [0.25, 0.3) is 0 Å². The zero-order valence-corrected chi connectivity index (χ0v) is 10.1. The number of carboxylic acid groups (broad SMARTS) is 1. The first-order chi connectivity index (χ1) is 7.15. The van der Waals surface area contributed by atoms with Crippen LogP contribution in [-0.4, -0.2) is 35.6 Å². The summed E-state index contributed by atoms with van der Waals surface area (Å²) in [7, 11) is 0. The first kappa shape index (κ1) is 14.2. The van der Waals surface area contributed by atoms with Crippen LogP contribution in [0.3, 0.4) is 0 Å². The number of allylic oxidation sites excluding steroid dienone is 1. The van der Waals surface area contributed by atoms with E-state index in [0.717, 1.165) is 32.5 Å². The average Bonchev–Trinajstić information content (AvgIpc) is 2.23. The van der Waals surface area contributed by atoms with Crippen LogP contribution in [0.15, 0.2) is 11.6 Å². The molecule has 0 aliphatic heterocycles. The summed E-state index contributed by atoms with van der Waals surface area (Å²) in [5.41, 5.74) is 0.537. The lowest BCUT2D eigenvalue weighted by molar-refractivity contribution is -0.132. The Morgan fingerprint density at radius 2 is 1.87 bits per heavy atom. The molecule has 0 fully saturated rings. The van der Waals surface area contributed by atoms with Crippen molar-refractivity contribution in [3.63, 3.8) is 0 Å². The molecule has 15 heavy (non-hydrogen) atoms. The monoisotopic (exact) mass is 213 g/mol. The summed E-state index contributed by atoms with van der Waals surface area (Å²) in [4.78, 5) is 13.0. The lowest BCUT2D eigenvalue weighted by atomic mass is 10.1. The molecule has 0 heterocycles. The lowest BCUT2D eigenvalue weighted by Gasteiger charge is -2.17. The molecule has 3 heteroatoms. The predicted molar refractivity (Wildman–Crippen MR) is 63.0 cm³/mol. The van der Waals surface area contributed by atoms with E-state index < -0.39 is 5.97 Å². The molecule has 0 atom stereocenters. The van der Waals surface area contributed by atoms with Gasteiger partial charge < -0.3 is 10.0 Å². The van der Waals surface area contributed by atoms with E-state index in [-0.39, 0.29) is 0 Å². The van der Waals surface area contributed by atoms with Gasteiger partial charge in [0.2, 0.25) is 0 Å². The van der Waals surface area contributed by atoms with Gasteiger partial charge in [-0.3, -0.25) is 0 Å². The summed E-state index contributed by atoms with van der Waals surface area (Å²) < 4.78 is 0. The van der Waals surface area contributed by atoms with Crippen molar-refractivity contribution in [1.82, 2.24) is 4.90 Å². The van der Waals surface area contributed by atoms with Crippen molar-refractivity contribution in [1.29, 1.82) is 0 Å². The van der Waals surface area contributed by atoms with Gasteiger partial charge >= 0.3 is 5.97 Å². The van der Waals surface area contributed by atoms with Crippen molar-refractivity contribution in [2.24, 2.45) is 0 Å². The zero-order valence-electron chi connectivity index (χ0n) is 10.1. The van der Waals surface area contributed by atoms with E-state index in [0.29, 0.717) is 12.0 Å². The summed E-state index contributed by atoms with van der Waals surface area (Å²) in [5, 5.41) is 8.80. The Balaban J connectivity index is 3.66. The van der Waals surface area contributed by atoms with Gasteiger partial charge in [-0.15, -0.1) is 0 Å². The van der Waals surface area contributed by atoms with Gasteiger partial charge in [-0.2, -0.15) is 0 Å². The minimum Gasteiger partial charge on any atom is -0.478 e. The second-order valence-corrected chi connectivity index (χ2v) is 3.60. The Morgan fingerprint density at radius 3 is 2.27 bits per heavy atom. The van der Waals surface area contributed by atoms with Crippen LogP contribution in [0.5, 0.6) is 0 Å². The second kappa shape index (κ2) is 8.48. The molecule has 0 aliphatic rings. The third-order valence-corrected chi connectivity index (χ3v) is 2.69. The SMILES string of the molecule is C/C=C(\CCCCN(CC)CC)C(=O)O. The van der Waals surface area contributed by atoms with Crippen molar-refractivity contribution < 1.29 is 9.90 Å². The molecular weight excluding hydrogens is 190 g/mol. The Morgan fingerprint density at radius 1 is 1.27 bits per heavy atom. The summed E-state index contributed by atoms with van der Waals surface area (Å²) >= 11 is 0. The van der Waals surface area contributed by atoms with Crippen molar-refractivity contribution in [2.45, 2.75) is 40.0 Å². The first-order valence-corrected chi connectivity index (χ1v) is 5.76. The van der Waals surface area contributed by atoms with E-state index in [9.17, 15) is 4.79 Å². The van der Waals surface area contributed by atoms with Gasteiger partial charge in [-0.25, -0.2) is 4.79 Å². The van der Waals surface area contributed by atoms with Crippen molar-refractivity contribution >= 4 is 5.97 Å². The molecule has 0 radical (unpaired) electrons. The first-order valence-electron chi connectivity index (χ1n) is 5.76. The zero-order chi connectivity index (χ0) is 11.7. The minimum atomic E-state index is -0.777. The van der Waals surface area contributed by atoms with Gasteiger partial charge in [-0.1, -0.05) is 19.9 Å². The topological polar surface area (TPSA) is 40.5 Å². The van der Waals surface area contributed by atoms with Crippen molar-refractivity contribution in [2.75, 3.05) is 19.6 Å². The van der Waals surface area contributed by atoms with Gasteiger partial charge in [0.05, 0.1) is 0 Å². The Labute approximate surface area is 92.8 Å². The Hall–Kier alpha value is -0.830. The summed E-state index contributed by atoms with van der Waals surface area (Å²) in [5.74, 6) is -0.777. The highest BCUT2D eigenvalue weighted by Crippen LogP contribution is 2.08. The van der Waals surface area contributed by atoms with Gasteiger partial charge in [0, 0.05) is 5.57 Å². The molecule has 0 bridgehead atoms. The van der Waals surface area contributed by atoms with Crippen LogP contribution in [0.2, 0.25) is 0 Å². The van der Waals surface area contributed by atoms with Crippen LogP contribution in [0.4, 0.5) is 0 Å². The maximum Gasteiger partial charge on any atom is 0.331 e. The largest absolute Gasteiger partial charge is 0.478 e. The van der Waals surface area contributed by atoms with Crippen molar-refractivity contribution in [3.05, 3.63) is 11.6 Å². The van der Waals surface area contributed by atoms with Crippen LogP contribution in [-0.2, 0) is 4.79 Å². The van der Waals surface area contributed by atoms with E-state index in [1.54, 1.807) is 13.0 Å². The summed E-state index contributed by atoms with van der Waals surface area (Å²) in [6.07, 6.45) is 4.42. The molecule has 0 aliphatic carbocycles. The van der Waals surface area contributed by atoms with E-state index >= 15 is 0 Å². The maximum atomic E-state index is 10.7. The van der Waals surface area contributed by atoms with Gasteiger partial charge in [0.25, 0.3) is 0 Å². The smallest absolute Gasteiger partial charge is 0.331 e. The maximum absolute atomic E-state index is 10.7. The second-order valence-electron chi connectivity index (χ2n) is 3.60. The molecular formula is C12H23NO2. The molecule has 0 spiro atoms. The fraction of sp³-hybridized carbons (Fsp3) is 0.750. The number of aliphatic carboxylic acids is 1. The minimum absolute atomic E-state index is 0.537. The average molecular weight is 213 g/mol. The fourth-order valence-corrected chi connectivity index (χ4v) is 1.57. The lowest BCUT2D eigenvalue weighted by Crippen LogP contribution is -2.23. The summed E-state index contributed by atoms with van der Waals surface area (Å²) in [6.45, 7) is 9.31. The molecule has 0 aromatic rings. The predicted octanol–water partition coefficient (Wildman–Crippen LogP) is 2.53. The third-order valence-electron chi connectivity index (χ3n) is 2.69. The molecule has 3 nitrogen and oxygen atoms in total. The molecule has 0 amide bonds. The Bertz CT molecular complexity index is 208. The molecule has 0 aromatic heterocycles. The third kappa shape index (κ3) is 6.28. The normalized spacial score (nSPS) is 12.1. The van der Waals surface area contributed by atoms with Gasteiger partial charge in [-0.05, 0) is 45.8 Å². The highest BCUT2D eigenvalue weighted by Gasteiger charge is 2.05. The fourth-order valence-electron chi connectivity index (χ4n) is 1.57. The molecule has 0 rings (SSSR count). The molecule has 0 aromatic carbocycles. The van der Waals surface area contributed by atoms with Gasteiger partial charge in [0.1, 0.15) is 0 Å². The molecule has 0 saturated carbocycles. The van der Waals surface area contributed by atoms with Crippen LogP contribution < -0.4 is 0 Å². The van der Waals surface area contributed by atoms with E-state index in [1.165, 1.54) is 0 Å². The van der Waals surface area contributed by atoms with E-state index in [4.69, 9.17) is 5.11 Å². The van der Waals surface area contributed by atoms with Gasteiger partial charge in [0.15, 0.2) is 0 Å². The number of carboxylic acids is 1. The van der Waals surface area contributed by atoms with Crippen LogP contribution in [0.1, 0.15) is 40.0 Å². The quantitative estimate of drug-likeness (QED) is 0.497. The van der Waals surface area contributed by atoms with E-state index in [2.05, 4.69) is 18.7 Å². The highest BCUT2D eigenvalue weighted by atomic mass is 16.4. The number of hydrogen-bond donors (Lipinski definition) is 1. The van der Waals surface area contributed by atoms with Crippen molar-refractivity contribution in [3.8, 4) is 0 Å². The number of rotatable bonds is 8. The molecule has 0 unspecified atom stereocenters. The molecule has 0 saturated heterocycles. The standard InChI is InChI=1S/C12H23NO2/c1-4-11(12(14)15)9-7-8-10-13(5-2)6-3/h4H,5-10H2,1-3H3,(H,14,15)/b11-4+. The van der Waals surface area contributed by atoms with Crippen LogP contribution >= 0.6 is 0 Å². The molecule has 1 N–H and O–H groups in total. The highest BCUT2D eigenvalue weighted by molar-refractivity contribution is 5.86. The number of unbranched alkanes of at least 4 members (excludes halogenated alkanes) is 1. The number of carbonyl (C=O) groups is 1. The number of nitrogens with zero attached hydrogens (tertiary/aromatic N) is 1.